The van der Waals surface area contributed by atoms with Crippen molar-refractivity contribution < 1.29 is 17.6 Å². The van der Waals surface area contributed by atoms with E-state index in [-0.39, 0.29) is 16.4 Å². The molecule has 5 rings (SSSR count). The van der Waals surface area contributed by atoms with Gasteiger partial charge in [0.2, 0.25) is 0 Å². The molecule has 168 valence electrons. The zero-order chi connectivity index (χ0) is 23.2. The third-order valence-corrected chi connectivity index (χ3v) is 7.06. The molecule has 4 aromatic rings. The molecule has 9 nitrogen and oxygen atoms in total. The van der Waals surface area contributed by atoms with Crippen LogP contribution in [0.15, 0.2) is 75.0 Å². The molecule has 0 unspecified atom stereocenters. The molecule has 1 N–H and O–H groups in total. The van der Waals surface area contributed by atoms with Crippen LogP contribution in [0.25, 0.3) is 11.1 Å². The Balaban J connectivity index is 1.43. The van der Waals surface area contributed by atoms with Crippen molar-refractivity contribution in [3.63, 3.8) is 0 Å². The predicted molar refractivity (Wildman–Crippen MR) is 123 cm³/mol. The minimum Gasteiger partial charge on any atom is -0.408 e. The summed E-state index contributed by atoms with van der Waals surface area (Å²) < 4.78 is 34.9. The van der Waals surface area contributed by atoms with Crippen LogP contribution in [0.2, 0.25) is 0 Å². The number of amides is 1. The number of aryl methyl sites for hydroxylation is 2. The largest absolute Gasteiger partial charge is 0.419 e. The van der Waals surface area contributed by atoms with Crippen molar-refractivity contribution in [1.82, 2.24) is 9.55 Å². The average Bonchev–Trinajstić information content (AvgIpc) is 3.11. The Morgan fingerprint density at radius 3 is 2.79 bits per heavy atom. The first-order valence-electron chi connectivity index (χ1n) is 10.3. The maximum absolute atomic E-state index is 13.0. The number of carbonyl (C=O) groups is 1. The second-order valence-corrected chi connectivity index (χ2v) is 9.49. The number of fused-ring (bicyclic) bond motifs is 2. The van der Waals surface area contributed by atoms with Gasteiger partial charge in [0, 0.05) is 43.4 Å². The molecule has 2 aromatic carbocycles. The Bertz CT molecular complexity index is 1540. The van der Waals surface area contributed by atoms with E-state index in [1.54, 1.807) is 48.5 Å². The number of oxazole rings is 1. The number of aromatic nitrogens is 2. The lowest BCUT2D eigenvalue weighted by Crippen LogP contribution is -2.35. The predicted octanol–water partition coefficient (Wildman–Crippen LogP) is 2.92. The lowest BCUT2D eigenvalue weighted by molar-refractivity contribution is 0.0984. The highest BCUT2D eigenvalue weighted by molar-refractivity contribution is 7.92. The number of pyridine rings is 1. The molecule has 0 saturated carbocycles. The van der Waals surface area contributed by atoms with Gasteiger partial charge in [0.05, 0.1) is 16.0 Å². The Kier molecular flexibility index (Phi) is 5.01. The van der Waals surface area contributed by atoms with Gasteiger partial charge in [-0.3, -0.25) is 19.1 Å². The summed E-state index contributed by atoms with van der Waals surface area (Å²) in [5.41, 5.74) is 3.22. The Hall–Kier alpha value is -3.92. The maximum Gasteiger partial charge on any atom is 0.419 e. The van der Waals surface area contributed by atoms with Gasteiger partial charge in [0.25, 0.3) is 15.9 Å². The lowest BCUT2D eigenvalue weighted by Gasteiger charge is -2.30. The zero-order valence-electron chi connectivity index (χ0n) is 17.7. The first-order chi connectivity index (χ1) is 15.8. The van der Waals surface area contributed by atoms with E-state index in [4.69, 9.17) is 4.42 Å². The zero-order valence-corrected chi connectivity index (χ0v) is 18.5. The number of sulfonamides is 1. The van der Waals surface area contributed by atoms with Crippen LogP contribution in [0, 0.1) is 0 Å². The van der Waals surface area contributed by atoms with Crippen LogP contribution in [-0.4, -0.2) is 30.4 Å². The van der Waals surface area contributed by atoms with E-state index in [0.29, 0.717) is 23.3 Å². The Morgan fingerprint density at radius 1 is 1.15 bits per heavy atom. The molecule has 0 aliphatic carbocycles. The first kappa shape index (κ1) is 21.0. The number of hydrogen-bond acceptors (Lipinski definition) is 6. The van der Waals surface area contributed by atoms with Gasteiger partial charge in [-0.05, 0) is 60.9 Å². The number of nitrogens with one attached hydrogen (secondary N) is 1. The Labute approximate surface area is 189 Å². The number of hydrogen-bond donors (Lipinski definition) is 1. The molecule has 10 heteroatoms. The van der Waals surface area contributed by atoms with Gasteiger partial charge in [-0.25, -0.2) is 13.2 Å². The quantitative estimate of drug-likeness (QED) is 0.497. The first-order valence-corrected chi connectivity index (χ1v) is 11.8. The summed E-state index contributed by atoms with van der Waals surface area (Å²) >= 11 is 0. The third kappa shape index (κ3) is 3.78. The van der Waals surface area contributed by atoms with Gasteiger partial charge in [0.1, 0.15) is 0 Å². The molecule has 0 bridgehead atoms. The lowest BCUT2D eigenvalue weighted by atomic mass is 10.0. The molecule has 2 aromatic heterocycles. The number of nitrogens with zero attached hydrogens (tertiary/aromatic N) is 3. The van der Waals surface area contributed by atoms with E-state index in [0.717, 1.165) is 24.1 Å². The molecule has 1 aliphatic rings. The van der Waals surface area contributed by atoms with E-state index in [1.165, 1.54) is 29.0 Å². The number of rotatable bonds is 4. The SMILES string of the molecule is Cn1c(=O)oc2cc(S(=O)(=O)Nc3ccc4c(c3)CCCN4C(=O)c3cccnc3)ccc21. The summed E-state index contributed by atoms with van der Waals surface area (Å²) in [6, 6.07) is 12.8. The molecule has 1 amide bonds. The van der Waals surface area contributed by atoms with Crippen molar-refractivity contribution in [2.24, 2.45) is 7.05 Å². The van der Waals surface area contributed by atoms with Crippen LogP contribution in [0.1, 0.15) is 22.3 Å². The van der Waals surface area contributed by atoms with Gasteiger partial charge in [-0.2, -0.15) is 0 Å². The van der Waals surface area contributed by atoms with Crippen LogP contribution in [-0.2, 0) is 23.5 Å². The number of anilines is 2. The molecule has 1 aliphatic heterocycles. The fourth-order valence-electron chi connectivity index (χ4n) is 4.01. The standard InChI is InChI=1S/C23H20N4O5S/c1-26-20-9-7-18(13-21(20)32-23(26)29)33(30,31)25-17-6-8-19-15(12-17)5-3-11-27(19)22(28)16-4-2-10-24-14-16/h2,4,6-10,12-14,25H,3,5,11H2,1H3. The highest BCUT2D eigenvalue weighted by Gasteiger charge is 2.25. The highest BCUT2D eigenvalue weighted by atomic mass is 32.2. The summed E-state index contributed by atoms with van der Waals surface area (Å²) in [5, 5.41) is 0. The van der Waals surface area contributed by atoms with E-state index >= 15 is 0 Å². The van der Waals surface area contributed by atoms with Crippen LogP contribution >= 0.6 is 0 Å². The summed E-state index contributed by atoms with van der Waals surface area (Å²) in [7, 11) is -2.37. The van der Waals surface area contributed by atoms with Crippen LogP contribution < -0.4 is 15.4 Å². The van der Waals surface area contributed by atoms with Crippen molar-refractivity contribution in [1.29, 1.82) is 0 Å². The molecule has 3 heterocycles. The minimum atomic E-state index is -3.92. The average molecular weight is 465 g/mol. The highest BCUT2D eigenvalue weighted by Crippen LogP contribution is 2.31. The van der Waals surface area contributed by atoms with Crippen molar-refractivity contribution in [3.8, 4) is 0 Å². The monoisotopic (exact) mass is 464 g/mol. The van der Waals surface area contributed by atoms with E-state index in [9.17, 15) is 18.0 Å². The smallest absolute Gasteiger partial charge is 0.408 e. The van der Waals surface area contributed by atoms with Gasteiger partial charge in [-0.1, -0.05) is 0 Å². The number of carbonyl (C=O) groups excluding carboxylic acids is 1. The van der Waals surface area contributed by atoms with Gasteiger partial charge in [0.15, 0.2) is 5.58 Å². The second-order valence-electron chi connectivity index (χ2n) is 7.81. The fraction of sp³-hybridized carbons (Fsp3) is 0.174. The Morgan fingerprint density at radius 2 is 2.00 bits per heavy atom. The normalized spacial score (nSPS) is 13.7. The molecular formula is C23H20N4O5S. The molecule has 0 radical (unpaired) electrons. The van der Waals surface area contributed by atoms with Crippen LogP contribution in [0.4, 0.5) is 11.4 Å². The molecule has 33 heavy (non-hydrogen) atoms. The van der Waals surface area contributed by atoms with E-state index in [2.05, 4.69) is 9.71 Å². The molecule has 0 saturated heterocycles. The maximum atomic E-state index is 13.0. The van der Waals surface area contributed by atoms with E-state index in [1.807, 2.05) is 0 Å². The molecular weight excluding hydrogens is 444 g/mol. The molecule has 0 spiro atoms. The minimum absolute atomic E-state index is 0.0181. The third-order valence-electron chi connectivity index (χ3n) is 5.68. The summed E-state index contributed by atoms with van der Waals surface area (Å²) in [4.78, 5) is 30.3. The van der Waals surface area contributed by atoms with Gasteiger partial charge in [-0.15, -0.1) is 0 Å². The van der Waals surface area contributed by atoms with Crippen molar-refractivity contribution >= 4 is 38.4 Å². The topological polar surface area (TPSA) is 115 Å². The number of benzene rings is 2. The fourth-order valence-corrected chi connectivity index (χ4v) is 5.08. The van der Waals surface area contributed by atoms with Crippen molar-refractivity contribution in [2.75, 3.05) is 16.2 Å². The van der Waals surface area contributed by atoms with Crippen molar-refractivity contribution in [2.45, 2.75) is 17.7 Å². The van der Waals surface area contributed by atoms with Gasteiger partial charge < -0.3 is 9.32 Å². The molecule has 0 fully saturated rings. The van der Waals surface area contributed by atoms with Crippen molar-refractivity contribution in [3.05, 3.63) is 82.6 Å². The summed E-state index contributed by atoms with van der Waals surface area (Å²) in [6.07, 6.45) is 4.63. The van der Waals surface area contributed by atoms with Gasteiger partial charge >= 0.3 is 5.76 Å². The van der Waals surface area contributed by atoms with Crippen LogP contribution in [0.3, 0.4) is 0 Å². The van der Waals surface area contributed by atoms with Crippen LogP contribution in [0.5, 0.6) is 0 Å². The molecule has 0 atom stereocenters. The summed E-state index contributed by atoms with van der Waals surface area (Å²) in [6.45, 7) is 0.577. The second kappa shape index (κ2) is 7.89. The van der Waals surface area contributed by atoms with E-state index < -0.39 is 15.8 Å². The summed E-state index contributed by atoms with van der Waals surface area (Å²) in [5.74, 6) is -0.706.